The highest BCUT2D eigenvalue weighted by molar-refractivity contribution is 5.89. The van der Waals surface area contributed by atoms with Gasteiger partial charge >= 0.3 is 0 Å². The van der Waals surface area contributed by atoms with Crippen molar-refractivity contribution in [2.45, 2.75) is 27.4 Å². The maximum absolute atomic E-state index is 6.00. The molecule has 0 N–H and O–H groups in total. The molecule has 0 radical (unpaired) electrons. The molecule has 0 bridgehead atoms. The molecule has 5 aromatic rings. The Morgan fingerprint density at radius 1 is 0.931 bits per heavy atom. The van der Waals surface area contributed by atoms with Gasteiger partial charge in [0.25, 0.3) is 0 Å². The van der Waals surface area contributed by atoms with E-state index in [0.29, 0.717) is 18.1 Å². The Labute approximate surface area is 167 Å². The highest BCUT2D eigenvalue weighted by Gasteiger charge is 2.14. The average molecular weight is 384 g/mol. The second-order valence-corrected chi connectivity index (χ2v) is 7.18. The normalized spacial score (nSPS) is 11.4. The van der Waals surface area contributed by atoms with Crippen molar-refractivity contribution in [3.05, 3.63) is 77.5 Å². The van der Waals surface area contributed by atoms with Gasteiger partial charge in [-0.25, -0.2) is 19.2 Å². The maximum atomic E-state index is 6.00. The predicted octanol–water partition coefficient (Wildman–Crippen LogP) is 3.97. The van der Waals surface area contributed by atoms with Gasteiger partial charge in [0.1, 0.15) is 18.7 Å². The van der Waals surface area contributed by atoms with Crippen LogP contribution in [0.25, 0.3) is 22.4 Å². The van der Waals surface area contributed by atoms with Crippen LogP contribution in [-0.4, -0.2) is 29.4 Å². The summed E-state index contributed by atoms with van der Waals surface area (Å²) in [6.07, 6.45) is 3.45. The zero-order chi connectivity index (χ0) is 20.0. The summed E-state index contributed by atoms with van der Waals surface area (Å²) < 4.78 is 9.49. The van der Waals surface area contributed by atoms with Crippen LogP contribution in [0.15, 0.2) is 55.0 Å². The highest BCUT2D eigenvalue weighted by atomic mass is 16.5. The van der Waals surface area contributed by atoms with Gasteiger partial charge in [0.15, 0.2) is 17.1 Å². The minimum absolute atomic E-state index is 0.293. The molecule has 7 heteroatoms. The molecule has 0 aliphatic heterocycles. The van der Waals surface area contributed by atoms with Gasteiger partial charge in [0.05, 0.1) is 17.3 Å². The molecule has 0 amide bonds. The van der Waals surface area contributed by atoms with Crippen LogP contribution in [-0.2, 0) is 6.61 Å². The SMILES string of the molecule is Cc1ccc(-n2ncc3c2ncn2nc(COc4c(C)cccc4C)nc32)cc1. The van der Waals surface area contributed by atoms with Gasteiger partial charge in [-0.15, -0.1) is 5.10 Å². The Hall–Kier alpha value is -3.74. The second-order valence-electron chi connectivity index (χ2n) is 7.18. The van der Waals surface area contributed by atoms with Crippen molar-refractivity contribution in [1.82, 2.24) is 29.4 Å². The summed E-state index contributed by atoms with van der Waals surface area (Å²) in [4.78, 5) is 9.22. The van der Waals surface area contributed by atoms with Gasteiger partial charge in [-0.2, -0.15) is 5.10 Å². The van der Waals surface area contributed by atoms with E-state index < -0.39 is 0 Å². The standard InChI is InChI=1S/C22H20N6O/c1-14-7-9-17(10-8-14)28-21-18(11-24-28)22-25-19(26-27(22)13-23-21)12-29-20-15(2)5-4-6-16(20)3/h4-11,13H,12H2,1-3H3. The van der Waals surface area contributed by atoms with Gasteiger partial charge in [0, 0.05) is 0 Å². The van der Waals surface area contributed by atoms with Crippen molar-refractivity contribution in [2.24, 2.45) is 0 Å². The van der Waals surface area contributed by atoms with Gasteiger partial charge in [-0.05, 0) is 44.0 Å². The van der Waals surface area contributed by atoms with Crippen molar-refractivity contribution in [3.63, 3.8) is 0 Å². The molecular weight excluding hydrogens is 364 g/mol. The summed E-state index contributed by atoms with van der Waals surface area (Å²) in [6, 6.07) is 14.3. The largest absolute Gasteiger partial charge is 0.485 e. The third kappa shape index (κ3) is 3.00. The van der Waals surface area contributed by atoms with E-state index in [-0.39, 0.29) is 0 Å². The van der Waals surface area contributed by atoms with E-state index in [0.717, 1.165) is 33.6 Å². The number of hydrogen-bond acceptors (Lipinski definition) is 5. The average Bonchev–Trinajstić information content (AvgIpc) is 3.31. The van der Waals surface area contributed by atoms with Crippen LogP contribution in [0.1, 0.15) is 22.5 Å². The lowest BCUT2D eigenvalue weighted by molar-refractivity contribution is 0.292. The Morgan fingerprint density at radius 3 is 2.45 bits per heavy atom. The molecule has 5 rings (SSSR count). The molecule has 0 spiro atoms. The minimum Gasteiger partial charge on any atom is -0.485 e. The molecular formula is C22H20N6O. The molecule has 29 heavy (non-hydrogen) atoms. The Kier molecular flexibility index (Phi) is 4.01. The molecule has 0 fully saturated rings. The Balaban J connectivity index is 1.50. The van der Waals surface area contributed by atoms with E-state index in [2.05, 4.69) is 39.2 Å². The number of aromatic nitrogens is 6. The monoisotopic (exact) mass is 384 g/mol. The van der Waals surface area contributed by atoms with Crippen LogP contribution in [0, 0.1) is 20.8 Å². The lowest BCUT2D eigenvalue weighted by Crippen LogP contribution is -2.01. The van der Waals surface area contributed by atoms with E-state index in [4.69, 9.17) is 4.74 Å². The first kappa shape index (κ1) is 17.4. The molecule has 0 aliphatic carbocycles. The lowest BCUT2D eigenvalue weighted by atomic mass is 10.1. The van der Waals surface area contributed by atoms with E-state index in [9.17, 15) is 0 Å². The molecule has 0 saturated heterocycles. The quantitative estimate of drug-likeness (QED) is 0.469. The first-order valence-electron chi connectivity index (χ1n) is 9.44. The topological polar surface area (TPSA) is 70.1 Å². The fourth-order valence-corrected chi connectivity index (χ4v) is 3.46. The summed E-state index contributed by atoms with van der Waals surface area (Å²) in [7, 11) is 0. The molecule has 7 nitrogen and oxygen atoms in total. The lowest BCUT2D eigenvalue weighted by Gasteiger charge is -2.09. The molecule has 0 unspecified atom stereocenters. The van der Waals surface area contributed by atoms with E-state index >= 15 is 0 Å². The second kappa shape index (κ2) is 6.70. The minimum atomic E-state index is 0.293. The number of hydrogen-bond donors (Lipinski definition) is 0. The third-order valence-electron chi connectivity index (χ3n) is 4.98. The third-order valence-corrected chi connectivity index (χ3v) is 4.98. The Bertz CT molecular complexity index is 1310. The molecule has 0 saturated carbocycles. The number of nitrogens with zero attached hydrogens (tertiary/aromatic N) is 6. The molecule has 3 heterocycles. The van der Waals surface area contributed by atoms with Crippen molar-refractivity contribution in [1.29, 1.82) is 0 Å². The zero-order valence-corrected chi connectivity index (χ0v) is 16.5. The van der Waals surface area contributed by atoms with Crippen molar-refractivity contribution in [2.75, 3.05) is 0 Å². The number of para-hydroxylation sites is 1. The van der Waals surface area contributed by atoms with Crippen molar-refractivity contribution < 1.29 is 4.74 Å². The number of aryl methyl sites for hydroxylation is 3. The van der Waals surface area contributed by atoms with Crippen molar-refractivity contribution in [3.8, 4) is 11.4 Å². The summed E-state index contributed by atoms with van der Waals surface area (Å²) in [5.41, 5.74) is 5.81. The van der Waals surface area contributed by atoms with Gasteiger partial charge < -0.3 is 4.74 Å². The molecule has 0 aliphatic rings. The number of ether oxygens (including phenoxy) is 1. The summed E-state index contributed by atoms with van der Waals surface area (Å²) >= 11 is 0. The molecule has 2 aromatic carbocycles. The van der Waals surface area contributed by atoms with E-state index in [1.54, 1.807) is 17.0 Å². The Morgan fingerprint density at radius 2 is 1.69 bits per heavy atom. The van der Waals surface area contributed by atoms with Crippen LogP contribution in [0.5, 0.6) is 5.75 Å². The number of benzene rings is 2. The summed E-state index contributed by atoms with van der Waals surface area (Å²) in [5.74, 6) is 1.48. The van der Waals surface area contributed by atoms with Crippen LogP contribution in [0.4, 0.5) is 0 Å². The van der Waals surface area contributed by atoms with Gasteiger partial charge in [-0.1, -0.05) is 35.9 Å². The molecule has 0 atom stereocenters. The highest BCUT2D eigenvalue weighted by Crippen LogP contribution is 2.24. The van der Waals surface area contributed by atoms with Gasteiger partial charge in [-0.3, -0.25) is 0 Å². The summed E-state index contributed by atoms with van der Waals surface area (Å²) in [6.45, 7) is 6.42. The molecule has 144 valence electrons. The van der Waals surface area contributed by atoms with Crippen molar-refractivity contribution >= 4 is 16.7 Å². The fraction of sp³-hybridized carbons (Fsp3) is 0.182. The first-order chi connectivity index (χ1) is 14.1. The summed E-state index contributed by atoms with van der Waals surface area (Å²) in [5, 5.41) is 9.87. The van der Waals surface area contributed by atoms with E-state index in [1.165, 1.54) is 5.56 Å². The van der Waals surface area contributed by atoms with Crippen LogP contribution in [0.3, 0.4) is 0 Å². The number of rotatable bonds is 4. The van der Waals surface area contributed by atoms with Crippen LogP contribution in [0.2, 0.25) is 0 Å². The zero-order valence-electron chi connectivity index (χ0n) is 16.5. The first-order valence-corrected chi connectivity index (χ1v) is 9.44. The predicted molar refractivity (Wildman–Crippen MR) is 110 cm³/mol. The van der Waals surface area contributed by atoms with Crippen LogP contribution >= 0.6 is 0 Å². The number of fused-ring (bicyclic) bond motifs is 3. The smallest absolute Gasteiger partial charge is 0.189 e. The van der Waals surface area contributed by atoms with E-state index in [1.807, 2.05) is 48.9 Å². The maximum Gasteiger partial charge on any atom is 0.189 e. The van der Waals surface area contributed by atoms with Crippen LogP contribution < -0.4 is 4.74 Å². The van der Waals surface area contributed by atoms with Gasteiger partial charge in [0.2, 0.25) is 0 Å². The fourth-order valence-electron chi connectivity index (χ4n) is 3.46. The molecule has 3 aromatic heterocycles.